The second-order valence-electron chi connectivity index (χ2n) is 5.22. The highest BCUT2D eigenvalue weighted by Gasteiger charge is 2.40. The minimum Gasteiger partial charge on any atom is -0.362 e. The van der Waals surface area contributed by atoms with Crippen LogP contribution in [-0.4, -0.2) is 6.54 Å². The second-order valence-corrected chi connectivity index (χ2v) is 5.66. The van der Waals surface area contributed by atoms with E-state index in [1.54, 1.807) is 0 Å². The topological polar surface area (TPSA) is 27.0 Å². The van der Waals surface area contributed by atoms with E-state index in [0.29, 0.717) is 0 Å². The van der Waals surface area contributed by atoms with Crippen LogP contribution in [0.3, 0.4) is 0 Å². The quantitative estimate of drug-likeness (QED) is 0.819. The summed E-state index contributed by atoms with van der Waals surface area (Å²) in [6.45, 7) is 2.86. The molecule has 1 saturated heterocycles. The number of benzene rings is 2. The van der Waals surface area contributed by atoms with Gasteiger partial charge in [-0.05, 0) is 36.8 Å². The van der Waals surface area contributed by atoms with Gasteiger partial charge in [0, 0.05) is 17.3 Å². The van der Waals surface area contributed by atoms with Crippen molar-refractivity contribution in [3.63, 3.8) is 0 Å². The molecule has 100 valence electrons. The van der Waals surface area contributed by atoms with Crippen molar-refractivity contribution in [2.24, 2.45) is 5.92 Å². The molecule has 0 aliphatic carbocycles. The van der Waals surface area contributed by atoms with Crippen molar-refractivity contribution in [3.05, 3.63) is 64.7 Å². The molecule has 3 rings (SSSR count). The van der Waals surface area contributed by atoms with E-state index in [0.717, 1.165) is 17.1 Å². The van der Waals surface area contributed by atoms with Crippen LogP contribution in [0.15, 0.2) is 48.5 Å². The molecule has 2 atom stereocenters. The van der Waals surface area contributed by atoms with E-state index < -0.39 is 0 Å². The summed E-state index contributed by atoms with van der Waals surface area (Å²) in [5.41, 5.74) is 3.56. The Hall–Kier alpha value is -1.98. The van der Waals surface area contributed by atoms with E-state index in [2.05, 4.69) is 42.2 Å². The normalized spacial score (nSPS) is 21.1. The lowest BCUT2D eigenvalue weighted by Crippen LogP contribution is -2.49. The summed E-state index contributed by atoms with van der Waals surface area (Å²) in [5, 5.41) is 10.0. The summed E-state index contributed by atoms with van der Waals surface area (Å²) in [6, 6.07) is 18.8. The SMILES string of the molecule is Cc1ccc(N2C[C@@H](C#N)[C@@H]2c2ccc(Cl)cc2)cc1. The van der Waals surface area contributed by atoms with Gasteiger partial charge < -0.3 is 4.90 Å². The summed E-state index contributed by atoms with van der Waals surface area (Å²) in [6.07, 6.45) is 0. The maximum atomic E-state index is 9.28. The predicted octanol–water partition coefficient (Wildman–Crippen LogP) is 4.35. The van der Waals surface area contributed by atoms with Crippen LogP contribution in [0.1, 0.15) is 17.2 Å². The van der Waals surface area contributed by atoms with Gasteiger partial charge in [0.2, 0.25) is 0 Å². The maximum absolute atomic E-state index is 9.28. The second kappa shape index (κ2) is 5.19. The van der Waals surface area contributed by atoms with Gasteiger partial charge in [0.25, 0.3) is 0 Å². The van der Waals surface area contributed by atoms with Gasteiger partial charge in [0.15, 0.2) is 0 Å². The zero-order valence-corrected chi connectivity index (χ0v) is 12.0. The number of nitrogens with zero attached hydrogens (tertiary/aromatic N) is 2. The number of nitriles is 1. The summed E-state index contributed by atoms with van der Waals surface area (Å²) in [4.78, 5) is 2.27. The molecule has 2 aromatic rings. The fourth-order valence-corrected chi connectivity index (χ4v) is 2.82. The molecule has 0 bridgehead atoms. The molecule has 2 nitrogen and oxygen atoms in total. The van der Waals surface area contributed by atoms with Gasteiger partial charge >= 0.3 is 0 Å². The zero-order valence-electron chi connectivity index (χ0n) is 11.3. The summed E-state index contributed by atoms with van der Waals surface area (Å²) < 4.78 is 0. The van der Waals surface area contributed by atoms with Crippen LogP contribution >= 0.6 is 11.6 Å². The van der Waals surface area contributed by atoms with E-state index in [1.807, 2.05) is 24.3 Å². The first-order valence-corrected chi connectivity index (χ1v) is 7.05. The Balaban J connectivity index is 1.91. The Bertz CT molecular complexity index is 640. The Morgan fingerprint density at radius 2 is 1.75 bits per heavy atom. The van der Waals surface area contributed by atoms with Gasteiger partial charge in [-0.3, -0.25) is 0 Å². The van der Waals surface area contributed by atoms with Gasteiger partial charge in [0.1, 0.15) is 0 Å². The van der Waals surface area contributed by atoms with Crippen LogP contribution in [0.2, 0.25) is 5.02 Å². The number of rotatable bonds is 2. The van der Waals surface area contributed by atoms with Crippen LogP contribution < -0.4 is 4.90 Å². The fourth-order valence-electron chi connectivity index (χ4n) is 2.69. The molecule has 0 spiro atoms. The molecule has 0 saturated carbocycles. The van der Waals surface area contributed by atoms with E-state index in [-0.39, 0.29) is 12.0 Å². The van der Waals surface area contributed by atoms with Crippen LogP contribution in [0.4, 0.5) is 5.69 Å². The lowest BCUT2D eigenvalue weighted by Gasteiger charge is -2.47. The third kappa shape index (κ3) is 2.26. The average Bonchev–Trinajstić information content (AvgIpc) is 2.43. The first kappa shape index (κ1) is 13.0. The van der Waals surface area contributed by atoms with Crippen molar-refractivity contribution in [2.75, 3.05) is 11.4 Å². The van der Waals surface area contributed by atoms with E-state index >= 15 is 0 Å². The molecule has 2 aromatic carbocycles. The summed E-state index contributed by atoms with van der Waals surface area (Å²) in [7, 11) is 0. The molecule has 1 fully saturated rings. The molecule has 0 N–H and O–H groups in total. The smallest absolute Gasteiger partial charge is 0.0883 e. The molecular weight excluding hydrogens is 268 g/mol. The van der Waals surface area contributed by atoms with Gasteiger partial charge in [-0.2, -0.15) is 5.26 Å². The number of aryl methyl sites for hydroxylation is 1. The minimum absolute atomic E-state index is 0.0393. The van der Waals surface area contributed by atoms with Gasteiger partial charge in [-0.15, -0.1) is 0 Å². The van der Waals surface area contributed by atoms with Crippen LogP contribution in [-0.2, 0) is 0 Å². The molecule has 0 amide bonds. The highest BCUT2D eigenvalue weighted by atomic mass is 35.5. The standard InChI is InChI=1S/C17H15ClN2/c1-12-2-8-16(9-3-12)20-11-14(10-19)17(20)13-4-6-15(18)7-5-13/h2-9,14,17H,11H2,1H3/t14-,17+/m1/s1. The molecule has 20 heavy (non-hydrogen) atoms. The third-order valence-corrected chi connectivity index (χ3v) is 4.11. The monoisotopic (exact) mass is 282 g/mol. The zero-order chi connectivity index (χ0) is 14.1. The molecule has 3 heteroatoms. The number of halogens is 1. The van der Waals surface area contributed by atoms with Crippen molar-refractivity contribution in [2.45, 2.75) is 13.0 Å². The lowest BCUT2D eigenvalue weighted by molar-refractivity contribution is 0.371. The highest BCUT2D eigenvalue weighted by molar-refractivity contribution is 6.30. The molecule has 0 unspecified atom stereocenters. The van der Waals surface area contributed by atoms with E-state index in [1.165, 1.54) is 11.3 Å². The summed E-state index contributed by atoms with van der Waals surface area (Å²) >= 11 is 5.94. The van der Waals surface area contributed by atoms with Gasteiger partial charge in [-0.25, -0.2) is 0 Å². The fraction of sp³-hybridized carbons (Fsp3) is 0.235. The van der Waals surface area contributed by atoms with Gasteiger partial charge in [0.05, 0.1) is 18.0 Å². The molecule has 0 aromatic heterocycles. The predicted molar refractivity (Wildman–Crippen MR) is 81.8 cm³/mol. The molecule has 1 aliphatic rings. The van der Waals surface area contributed by atoms with Crippen molar-refractivity contribution >= 4 is 17.3 Å². The Morgan fingerprint density at radius 1 is 1.10 bits per heavy atom. The largest absolute Gasteiger partial charge is 0.362 e. The summed E-state index contributed by atoms with van der Waals surface area (Å²) in [5.74, 6) is 0.0393. The number of hydrogen-bond donors (Lipinski definition) is 0. The van der Waals surface area contributed by atoms with Crippen molar-refractivity contribution in [3.8, 4) is 6.07 Å². The first-order valence-electron chi connectivity index (χ1n) is 6.67. The van der Waals surface area contributed by atoms with E-state index in [9.17, 15) is 5.26 Å². The van der Waals surface area contributed by atoms with Crippen molar-refractivity contribution < 1.29 is 0 Å². The first-order chi connectivity index (χ1) is 9.69. The third-order valence-electron chi connectivity index (χ3n) is 3.85. The van der Waals surface area contributed by atoms with Gasteiger partial charge in [-0.1, -0.05) is 41.4 Å². The van der Waals surface area contributed by atoms with Crippen LogP contribution in [0.5, 0.6) is 0 Å². The van der Waals surface area contributed by atoms with E-state index in [4.69, 9.17) is 11.6 Å². The molecule has 0 radical (unpaired) electrons. The minimum atomic E-state index is 0.0393. The maximum Gasteiger partial charge on any atom is 0.0883 e. The van der Waals surface area contributed by atoms with Crippen molar-refractivity contribution in [1.29, 1.82) is 5.26 Å². The number of hydrogen-bond acceptors (Lipinski definition) is 2. The van der Waals surface area contributed by atoms with Crippen molar-refractivity contribution in [1.82, 2.24) is 0 Å². The lowest BCUT2D eigenvalue weighted by atomic mass is 9.84. The molecule has 1 aliphatic heterocycles. The Kier molecular flexibility index (Phi) is 3.38. The average molecular weight is 283 g/mol. The molecule has 1 heterocycles. The Morgan fingerprint density at radius 3 is 2.35 bits per heavy atom. The van der Waals surface area contributed by atoms with Crippen LogP contribution in [0, 0.1) is 24.2 Å². The highest BCUT2D eigenvalue weighted by Crippen LogP contribution is 2.42. The number of anilines is 1. The van der Waals surface area contributed by atoms with Crippen LogP contribution in [0.25, 0.3) is 0 Å². The Labute approximate surface area is 124 Å². The molecular formula is C17H15ClN2.